The molecule has 0 atom stereocenters. The second kappa shape index (κ2) is 6.86. The second-order valence-corrected chi connectivity index (χ2v) is 6.39. The van der Waals surface area contributed by atoms with Crippen LogP contribution in [0.2, 0.25) is 0 Å². The first kappa shape index (κ1) is 15.9. The number of thioether (sulfide) groups is 2. The third-order valence-electron chi connectivity index (χ3n) is 2.36. The molecule has 0 fully saturated rings. The minimum absolute atomic E-state index is 0.0239. The molecule has 0 unspecified atom stereocenters. The van der Waals surface area contributed by atoms with Crippen LogP contribution in [0, 0.1) is 6.92 Å². The van der Waals surface area contributed by atoms with E-state index in [1.807, 2.05) is 25.1 Å². The van der Waals surface area contributed by atoms with Gasteiger partial charge in [0.15, 0.2) is 0 Å². The van der Waals surface area contributed by atoms with E-state index in [0.717, 1.165) is 15.4 Å². The van der Waals surface area contributed by atoms with E-state index in [1.54, 1.807) is 28.2 Å². The van der Waals surface area contributed by atoms with Gasteiger partial charge in [-0.3, -0.25) is 9.59 Å². The molecule has 0 radical (unpaired) electrons. The standard InChI is InChI=1S/C13H18N2O2S2/c1-9-10(18-12(16)14(2)3)7-6-8-11(9)19-13(17)15(4)5/h6-8H,1-5H3. The molecule has 6 heteroatoms. The molecule has 1 rings (SSSR count). The third-order valence-corrected chi connectivity index (χ3v) is 4.76. The number of carbonyl (C=O) groups is 2. The molecule has 0 aliphatic carbocycles. The largest absolute Gasteiger partial charge is 0.339 e. The Morgan fingerprint density at radius 1 is 0.895 bits per heavy atom. The molecule has 0 heterocycles. The summed E-state index contributed by atoms with van der Waals surface area (Å²) in [5, 5.41) is -0.0478. The molecule has 1 aromatic rings. The molecule has 0 aliphatic heterocycles. The van der Waals surface area contributed by atoms with Crippen molar-refractivity contribution >= 4 is 34.0 Å². The van der Waals surface area contributed by atoms with E-state index < -0.39 is 0 Å². The molecule has 0 spiro atoms. The lowest BCUT2D eigenvalue weighted by molar-refractivity contribution is 0.240. The van der Waals surface area contributed by atoms with Crippen LogP contribution in [0.4, 0.5) is 9.59 Å². The molecule has 0 N–H and O–H groups in total. The maximum atomic E-state index is 11.7. The quantitative estimate of drug-likeness (QED) is 0.783. The monoisotopic (exact) mass is 298 g/mol. The van der Waals surface area contributed by atoms with Gasteiger partial charge in [0.25, 0.3) is 10.5 Å². The minimum atomic E-state index is -0.0239. The average Bonchev–Trinajstić information content (AvgIpc) is 2.33. The molecule has 1 aromatic carbocycles. The van der Waals surface area contributed by atoms with Crippen molar-refractivity contribution < 1.29 is 9.59 Å². The fourth-order valence-corrected chi connectivity index (χ4v) is 2.81. The van der Waals surface area contributed by atoms with Crippen molar-refractivity contribution in [2.24, 2.45) is 0 Å². The number of hydrogen-bond acceptors (Lipinski definition) is 4. The summed E-state index contributed by atoms with van der Waals surface area (Å²) in [6.07, 6.45) is 0. The lowest BCUT2D eigenvalue weighted by Gasteiger charge is -2.14. The predicted octanol–water partition coefficient (Wildman–Crippen LogP) is 3.54. The third kappa shape index (κ3) is 4.47. The van der Waals surface area contributed by atoms with Gasteiger partial charge in [-0.05, 0) is 48.1 Å². The highest BCUT2D eigenvalue weighted by atomic mass is 32.2. The van der Waals surface area contributed by atoms with Crippen LogP contribution in [0.1, 0.15) is 5.56 Å². The number of hydrogen-bond donors (Lipinski definition) is 0. The smallest absolute Gasteiger partial charge is 0.285 e. The van der Waals surface area contributed by atoms with Crippen molar-refractivity contribution in [3.63, 3.8) is 0 Å². The Balaban J connectivity index is 2.92. The molecule has 4 nitrogen and oxygen atoms in total. The summed E-state index contributed by atoms with van der Waals surface area (Å²) >= 11 is 2.35. The number of rotatable bonds is 2. The highest BCUT2D eigenvalue weighted by Gasteiger charge is 2.14. The first-order valence-electron chi connectivity index (χ1n) is 5.70. The van der Waals surface area contributed by atoms with Gasteiger partial charge in [0.05, 0.1) is 0 Å². The second-order valence-electron chi connectivity index (χ2n) is 4.40. The molecule has 104 valence electrons. The Hall–Kier alpha value is -1.14. The first-order chi connectivity index (χ1) is 8.82. The Bertz CT molecular complexity index is 447. The van der Waals surface area contributed by atoms with Gasteiger partial charge in [0.2, 0.25) is 0 Å². The van der Waals surface area contributed by atoms with E-state index in [4.69, 9.17) is 0 Å². The van der Waals surface area contributed by atoms with Crippen molar-refractivity contribution in [2.75, 3.05) is 28.2 Å². The van der Waals surface area contributed by atoms with Gasteiger partial charge in [-0.1, -0.05) is 6.07 Å². The fraction of sp³-hybridized carbons (Fsp3) is 0.385. The van der Waals surface area contributed by atoms with Crippen molar-refractivity contribution in [2.45, 2.75) is 16.7 Å². The van der Waals surface area contributed by atoms with Crippen molar-refractivity contribution in [1.82, 2.24) is 9.80 Å². The summed E-state index contributed by atoms with van der Waals surface area (Å²) in [6.45, 7) is 1.93. The normalized spacial score (nSPS) is 10.2. The van der Waals surface area contributed by atoms with Crippen molar-refractivity contribution in [3.05, 3.63) is 23.8 Å². The van der Waals surface area contributed by atoms with Gasteiger partial charge in [0.1, 0.15) is 0 Å². The molecule has 0 aromatic heterocycles. The molecular formula is C13H18N2O2S2. The van der Waals surface area contributed by atoms with Crippen LogP contribution >= 0.6 is 23.5 Å². The van der Waals surface area contributed by atoms with Crippen LogP contribution in [0.5, 0.6) is 0 Å². The van der Waals surface area contributed by atoms with E-state index in [-0.39, 0.29) is 10.5 Å². The maximum absolute atomic E-state index is 11.7. The zero-order chi connectivity index (χ0) is 14.6. The summed E-state index contributed by atoms with van der Waals surface area (Å²) in [5.74, 6) is 0. The fourth-order valence-electron chi connectivity index (χ4n) is 1.19. The Morgan fingerprint density at radius 2 is 1.26 bits per heavy atom. The minimum Gasteiger partial charge on any atom is -0.339 e. The number of carbonyl (C=O) groups excluding carboxylic acids is 2. The van der Waals surface area contributed by atoms with Crippen LogP contribution in [0.3, 0.4) is 0 Å². The average molecular weight is 298 g/mol. The molecule has 0 aliphatic rings. The lowest BCUT2D eigenvalue weighted by Crippen LogP contribution is -2.17. The summed E-state index contributed by atoms with van der Waals surface area (Å²) in [4.78, 5) is 28.3. The topological polar surface area (TPSA) is 40.6 Å². The Kier molecular flexibility index (Phi) is 5.75. The molecular weight excluding hydrogens is 280 g/mol. The van der Waals surface area contributed by atoms with Gasteiger partial charge in [-0.25, -0.2) is 0 Å². The van der Waals surface area contributed by atoms with Gasteiger partial charge in [0, 0.05) is 38.0 Å². The molecule has 0 saturated carbocycles. The van der Waals surface area contributed by atoms with Crippen LogP contribution in [0.25, 0.3) is 0 Å². The number of benzene rings is 1. The molecule has 0 saturated heterocycles. The highest BCUT2D eigenvalue weighted by molar-refractivity contribution is 8.14. The van der Waals surface area contributed by atoms with Crippen LogP contribution in [-0.2, 0) is 0 Å². The van der Waals surface area contributed by atoms with Gasteiger partial charge in [-0.2, -0.15) is 0 Å². The maximum Gasteiger partial charge on any atom is 0.285 e. The van der Waals surface area contributed by atoms with E-state index >= 15 is 0 Å². The Labute approximate surface area is 122 Å². The van der Waals surface area contributed by atoms with E-state index in [9.17, 15) is 9.59 Å². The zero-order valence-corrected chi connectivity index (χ0v) is 13.4. The molecule has 19 heavy (non-hydrogen) atoms. The SMILES string of the molecule is Cc1c(SC(=O)N(C)C)cccc1SC(=O)N(C)C. The van der Waals surface area contributed by atoms with Crippen molar-refractivity contribution in [3.8, 4) is 0 Å². The van der Waals surface area contributed by atoms with Crippen LogP contribution < -0.4 is 0 Å². The lowest BCUT2D eigenvalue weighted by atomic mass is 10.2. The van der Waals surface area contributed by atoms with Crippen LogP contribution in [0.15, 0.2) is 28.0 Å². The highest BCUT2D eigenvalue weighted by Crippen LogP contribution is 2.32. The van der Waals surface area contributed by atoms with Crippen molar-refractivity contribution in [1.29, 1.82) is 0 Å². The van der Waals surface area contributed by atoms with Gasteiger partial charge in [-0.15, -0.1) is 0 Å². The summed E-state index contributed by atoms with van der Waals surface area (Å²) in [6, 6.07) is 5.65. The number of amides is 2. The van der Waals surface area contributed by atoms with Crippen LogP contribution in [-0.4, -0.2) is 48.5 Å². The molecule has 0 bridgehead atoms. The molecule has 2 amide bonds. The van der Waals surface area contributed by atoms with Gasteiger partial charge >= 0.3 is 0 Å². The predicted molar refractivity (Wildman–Crippen MR) is 81.1 cm³/mol. The van der Waals surface area contributed by atoms with E-state index in [1.165, 1.54) is 33.3 Å². The number of nitrogens with zero attached hydrogens (tertiary/aromatic N) is 2. The van der Waals surface area contributed by atoms with E-state index in [2.05, 4.69) is 0 Å². The van der Waals surface area contributed by atoms with E-state index in [0.29, 0.717) is 0 Å². The van der Waals surface area contributed by atoms with Gasteiger partial charge < -0.3 is 9.80 Å². The Morgan fingerprint density at radius 3 is 1.58 bits per heavy atom. The first-order valence-corrected chi connectivity index (χ1v) is 7.34. The summed E-state index contributed by atoms with van der Waals surface area (Å²) in [5.41, 5.74) is 0.961. The summed E-state index contributed by atoms with van der Waals surface area (Å²) in [7, 11) is 6.88. The summed E-state index contributed by atoms with van der Waals surface area (Å²) < 4.78 is 0. The zero-order valence-electron chi connectivity index (χ0n) is 11.8.